The summed E-state index contributed by atoms with van der Waals surface area (Å²) >= 11 is 8.24. The van der Waals surface area contributed by atoms with E-state index in [0.717, 1.165) is 15.6 Å². The van der Waals surface area contributed by atoms with E-state index in [4.69, 9.17) is 32.7 Å². The average molecular weight is 403 g/mol. The molecule has 0 saturated carbocycles. The van der Waals surface area contributed by atoms with Gasteiger partial charge in [0, 0.05) is 4.47 Å². The first kappa shape index (κ1) is 18.0. The average Bonchev–Trinajstić information content (AvgIpc) is 2.59. The summed E-state index contributed by atoms with van der Waals surface area (Å²) in [7, 11) is 1.56. The molecule has 0 spiro atoms. The molecule has 0 aromatic heterocycles. The van der Waals surface area contributed by atoms with Gasteiger partial charge < -0.3 is 15.2 Å². The predicted octanol–water partition coefficient (Wildman–Crippen LogP) is 4.23. The molecule has 0 radical (unpaired) electrons. The van der Waals surface area contributed by atoms with Crippen molar-refractivity contribution in [2.24, 2.45) is 5.73 Å². The number of ether oxygens (including phenoxy) is 2. The second-order valence-corrected chi connectivity index (χ2v) is 6.22. The van der Waals surface area contributed by atoms with Crippen molar-refractivity contribution in [2.45, 2.75) is 6.61 Å². The predicted molar refractivity (Wildman–Crippen MR) is 102 cm³/mol. The standard InChI is InChI=1S/C18H15BrN2O2S/c1-22-17-9-13(8-14(10-20)18(21)24)4-7-16(17)23-11-12-2-5-15(19)6-3-12/h2-9H,11H2,1H3,(H2,21,24)/b14-8-. The lowest BCUT2D eigenvalue weighted by molar-refractivity contribution is 0.284. The van der Waals surface area contributed by atoms with Crippen molar-refractivity contribution in [1.29, 1.82) is 5.26 Å². The molecule has 2 N–H and O–H groups in total. The van der Waals surface area contributed by atoms with Gasteiger partial charge in [0.25, 0.3) is 0 Å². The number of methoxy groups -OCH3 is 1. The van der Waals surface area contributed by atoms with E-state index < -0.39 is 0 Å². The van der Waals surface area contributed by atoms with Crippen LogP contribution in [0.5, 0.6) is 11.5 Å². The number of nitrogens with two attached hydrogens (primary N) is 1. The zero-order valence-electron chi connectivity index (χ0n) is 13.0. The van der Waals surface area contributed by atoms with Crippen LogP contribution in [0, 0.1) is 11.3 Å². The molecule has 0 bridgehead atoms. The molecule has 4 nitrogen and oxygen atoms in total. The van der Waals surface area contributed by atoms with E-state index in [1.165, 1.54) is 0 Å². The molecule has 2 aromatic rings. The number of rotatable bonds is 6. The molecular formula is C18H15BrN2O2S. The highest BCUT2D eigenvalue weighted by atomic mass is 79.9. The fraction of sp³-hybridized carbons (Fsp3) is 0.111. The lowest BCUT2D eigenvalue weighted by Gasteiger charge is -2.11. The lowest BCUT2D eigenvalue weighted by Crippen LogP contribution is -2.09. The van der Waals surface area contributed by atoms with Crippen LogP contribution in [0.3, 0.4) is 0 Å². The van der Waals surface area contributed by atoms with E-state index in [1.54, 1.807) is 25.3 Å². The summed E-state index contributed by atoms with van der Waals surface area (Å²) in [5.74, 6) is 1.19. The van der Waals surface area contributed by atoms with Crippen molar-refractivity contribution < 1.29 is 9.47 Å². The van der Waals surface area contributed by atoms with Gasteiger partial charge in [0.15, 0.2) is 11.5 Å². The number of nitriles is 1. The van der Waals surface area contributed by atoms with Crippen LogP contribution < -0.4 is 15.2 Å². The summed E-state index contributed by atoms with van der Waals surface area (Å²) < 4.78 is 12.2. The highest BCUT2D eigenvalue weighted by Gasteiger charge is 2.07. The number of thiocarbonyl (C=S) groups is 1. The molecule has 0 amide bonds. The van der Waals surface area contributed by atoms with E-state index >= 15 is 0 Å². The van der Waals surface area contributed by atoms with Crippen LogP contribution in [0.15, 0.2) is 52.5 Å². The van der Waals surface area contributed by atoms with Gasteiger partial charge in [0.1, 0.15) is 17.7 Å². The first-order chi connectivity index (χ1) is 11.5. The van der Waals surface area contributed by atoms with E-state index in [-0.39, 0.29) is 10.6 Å². The van der Waals surface area contributed by atoms with Gasteiger partial charge in [-0.1, -0.05) is 46.3 Å². The molecule has 0 saturated heterocycles. The Balaban J connectivity index is 2.18. The highest BCUT2D eigenvalue weighted by molar-refractivity contribution is 9.10. The summed E-state index contributed by atoms with van der Waals surface area (Å²) in [5, 5.41) is 9.02. The third-order valence-corrected chi connectivity index (χ3v) is 3.94. The molecule has 0 aliphatic carbocycles. The van der Waals surface area contributed by atoms with Gasteiger partial charge in [0.2, 0.25) is 0 Å². The van der Waals surface area contributed by atoms with Crippen molar-refractivity contribution >= 4 is 39.2 Å². The van der Waals surface area contributed by atoms with Gasteiger partial charge in [-0.2, -0.15) is 5.26 Å². The van der Waals surface area contributed by atoms with Crippen molar-refractivity contribution in [2.75, 3.05) is 7.11 Å². The van der Waals surface area contributed by atoms with Crippen LogP contribution in [0.2, 0.25) is 0 Å². The molecule has 0 aliphatic heterocycles. The van der Waals surface area contributed by atoms with E-state index in [1.807, 2.05) is 36.4 Å². The third kappa shape index (κ3) is 4.82. The Bertz CT molecular complexity index is 811. The minimum absolute atomic E-state index is 0.0621. The second kappa shape index (κ2) is 8.48. The number of benzene rings is 2. The summed E-state index contributed by atoms with van der Waals surface area (Å²) in [6.07, 6.45) is 1.61. The molecule has 0 atom stereocenters. The van der Waals surface area contributed by atoms with Gasteiger partial charge in [-0.3, -0.25) is 0 Å². The second-order valence-electron chi connectivity index (χ2n) is 4.86. The van der Waals surface area contributed by atoms with Gasteiger partial charge >= 0.3 is 0 Å². The maximum atomic E-state index is 9.02. The Kier molecular flexibility index (Phi) is 6.36. The zero-order valence-corrected chi connectivity index (χ0v) is 15.4. The number of hydrogen-bond donors (Lipinski definition) is 1. The highest BCUT2D eigenvalue weighted by Crippen LogP contribution is 2.29. The molecule has 2 aromatic carbocycles. The fourth-order valence-corrected chi connectivity index (χ4v) is 2.33. The van der Waals surface area contributed by atoms with Crippen LogP contribution in [0.25, 0.3) is 6.08 Å². The molecule has 2 rings (SSSR count). The molecule has 0 fully saturated rings. The van der Waals surface area contributed by atoms with E-state index in [9.17, 15) is 0 Å². The van der Waals surface area contributed by atoms with Gasteiger partial charge in [-0.15, -0.1) is 0 Å². The Morgan fingerprint density at radius 3 is 2.54 bits per heavy atom. The molecule has 6 heteroatoms. The van der Waals surface area contributed by atoms with Crippen molar-refractivity contribution in [3.8, 4) is 17.6 Å². The quantitative estimate of drug-likeness (QED) is 0.444. The molecule has 0 aliphatic rings. The van der Waals surface area contributed by atoms with Gasteiger partial charge in [0.05, 0.1) is 12.7 Å². The number of nitrogens with zero attached hydrogens (tertiary/aromatic N) is 1. The van der Waals surface area contributed by atoms with Crippen molar-refractivity contribution in [3.05, 3.63) is 63.6 Å². The molecule has 0 heterocycles. The Morgan fingerprint density at radius 1 is 1.25 bits per heavy atom. The Labute approximate surface area is 154 Å². The van der Waals surface area contributed by atoms with Crippen LogP contribution in [-0.2, 0) is 6.61 Å². The molecule has 0 unspecified atom stereocenters. The normalized spacial score (nSPS) is 10.8. The van der Waals surface area contributed by atoms with Crippen molar-refractivity contribution in [3.63, 3.8) is 0 Å². The topological polar surface area (TPSA) is 68.3 Å². The summed E-state index contributed by atoms with van der Waals surface area (Å²) in [6.45, 7) is 0.426. The van der Waals surface area contributed by atoms with Crippen LogP contribution in [-0.4, -0.2) is 12.1 Å². The SMILES string of the molecule is COc1cc(/C=C(/C#N)C(N)=S)ccc1OCc1ccc(Br)cc1. The minimum atomic E-state index is 0.0621. The zero-order chi connectivity index (χ0) is 17.5. The smallest absolute Gasteiger partial charge is 0.161 e. The number of hydrogen-bond acceptors (Lipinski definition) is 4. The number of halogens is 1. The summed E-state index contributed by atoms with van der Waals surface area (Å²) in [6, 6.07) is 15.2. The minimum Gasteiger partial charge on any atom is -0.493 e. The maximum absolute atomic E-state index is 9.02. The maximum Gasteiger partial charge on any atom is 0.161 e. The molecule has 24 heavy (non-hydrogen) atoms. The molecular weight excluding hydrogens is 388 g/mol. The van der Waals surface area contributed by atoms with Crippen LogP contribution in [0.4, 0.5) is 0 Å². The van der Waals surface area contributed by atoms with Crippen LogP contribution in [0.1, 0.15) is 11.1 Å². The first-order valence-electron chi connectivity index (χ1n) is 7.00. The first-order valence-corrected chi connectivity index (χ1v) is 8.20. The monoisotopic (exact) mass is 402 g/mol. The summed E-state index contributed by atoms with van der Waals surface area (Å²) in [5.41, 5.74) is 7.55. The lowest BCUT2D eigenvalue weighted by atomic mass is 10.1. The fourth-order valence-electron chi connectivity index (χ4n) is 1.96. The summed E-state index contributed by atoms with van der Waals surface area (Å²) in [4.78, 5) is 0.0621. The van der Waals surface area contributed by atoms with Gasteiger partial charge in [-0.25, -0.2) is 0 Å². The van der Waals surface area contributed by atoms with Gasteiger partial charge in [-0.05, 0) is 41.5 Å². The van der Waals surface area contributed by atoms with E-state index in [0.29, 0.717) is 18.1 Å². The van der Waals surface area contributed by atoms with E-state index in [2.05, 4.69) is 15.9 Å². The molecule has 122 valence electrons. The van der Waals surface area contributed by atoms with Crippen molar-refractivity contribution in [1.82, 2.24) is 0 Å². The Morgan fingerprint density at radius 2 is 1.96 bits per heavy atom. The van der Waals surface area contributed by atoms with Crippen LogP contribution >= 0.6 is 28.1 Å². The third-order valence-electron chi connectivity index (χ3n) is 3.19. The largest absolute Gasteiger partial charge is 0.493 e. The Hall–Kier alpha value is -2.36.